The molecule has 1 atom stereocenters. The summed E-state index contributed by atoms with van der Waals surface area (Å²) in [6.45, 7) is 3.44. The van der Waals surface area contributed by atoms with E-state index >= 15 is 0 Å². The molecule has 1 unspecified atom stereocenters. The highest BCUT2D eigenvalue weighted by Crippen LogP contribution is 2.10. The summed E-state index contributed by atoms with van der Waals surface area (Å²) in [6, 6.07) is 7.60. The van der Waals surface area contributed by atoms with Gasteiger partial charge >= 0.3 is 0 Å². The largest absolute Gasteiger partial charge is 0.399 e. The van der Waals surface area contributed by atoms with Crippen LogP contribution in [-0.4, -0.2) is 37.1 Å². The van der Waals surface area contributed by atoms with Gasteiger partial charge in [0.2, 0.25) is 5.91 Å². The SMILES string of the molecule is COC(C)CN(CC(N)=O)Cc1cccc(N)c1. The lowest BCUT2D eigenvalue weighted by Crippen LogP contribution is -2.38. The molecule has 4 N–H and O–H groups in total. The molecule has 0 saturated heterocycles. The average molecular weight is 251 g/mol. The Balaban J connectivity index is 2.68. The first-order valence-corrected chi connectivity index (χ1v) is 5.89. The second-order valence-corrected chi connectivity index (χ2v) is 4.43. The third-order valence-electron chi connectivity index (χ3n) is 2.65. The summed E-state index contributed by atoms with van der Waals surface area (Å²) < 4.78 is 5.21. The minimum absolute atomic E-state index is 0.0467. The van der Waals surface area contributed by atoms with Gasteiger partial charge in [-0.25, -0.2) is 0 Å². The number of hydrogen-bond donors (Lipinski definition) is 2. The molecule has 0 bridgehead atoms. The molecule has 1 aromatic carbocycles. The lowest BCUT2D eigenvalue weighted by molar-refractivity contribution is -0.119. The molecule has 1 rings (SSSR count). The molecule has 0 aliphatic heterocycles. The fourth-order valence-corrected chi connectivity index (χ4v) is 1.79. The number of hydrogen-bond acceptors (Lipinski definition) is 4. The molecule has 0 heterocycles. The first kappa shape index (κ1) is 14.5. The van der Waals surface area contributed by atoms with Gasteiger partial charge in [0.25, 0.3) is 0 Å². The monoisotopic (exact) mass is 251 g/mol. The molecule has 0 aliphatic rings. The molecule has 100 valence electrons. The summed E-state index contributed by atoms with van der Waals surface area (Å²) in [6.07, 6.45) is 0.0467. The molecule has 5 nitrogen and oxygen atoms in total. The van der Waals surface area contributed by atoms with Crippen LogP contribution in [0, 0.1) is 0 Å². The molecule has 0 aromatic heterocycles. The Morgan fingerprint density at radius 3 is 2.78 bits per heavy atom. The highest BCUT2D eigenvalue weighted by Gasteiger charge is 2.12. The van der Waals surface area contributed by atoms with Crippen LogP contribution < -0.4 is 11.5 Å². The van der Waals surface area contributed by atoms with Crippen molar-refractivity contribution in [1.82, 2.24) is 4.90 Å². The van der Waals surface area contributed by atoms with Gasteiger partial charge in [0, 0.05) is 25.9 Å². The van der Waals surface area contributed by atoms with Crippen molar-refractivity contribution in [1.29, 1.82) is 0 Å². The van der Waals surface area contributed by atoms with Gasteiger partial charge in [0.15, 0.2) is 0 Å². The third kappa shape index (κ3) is 5.16. The van der Waals surface area contributed by atoms with Gasteiger partial charge in [-0.15, -0.1) is 0 Å². The van der Waals surface area contributed by atoms with Crippen molar-refractivity contribution in [3.05, 3.63) is 29.8 Å². The maximum atomic E-state index is 11.1. The Morgan fingerprint density at radius 2 is 2.22 bits per heavy atom. The first-order valence-electron chi connectivity index (χ1n) is 5.89. The molecule has 0 radical (unpaired) electrons. The number of nitrogen functional groups attached to an aromatic ring is 1. The second-order valence-electron chi connectivity index (χ2n) is 4.43. The van der Waals surface area contributed by atoms with E-state index in [2.05, 4.69) is 0 Å². The third-order valence-corrected chi connectivity index (χ3v) is 2.65. The number of anilines is 1. The average Bonchev–Trinajstić information content (AvgIpc) is 2.27. The number of rotatable bonds is 7. The highest BCUT2D eigenvalue weighted by molar-refractivity contribution is 5.75. The zero-order valence-corrected chi connectivity index (χ0v) is 10.9. The number of methoxy groups -OCH3 is 1. The van der Waals surface area contributed by atoms with Crippen molar-refractivity contribution in [3.8, 4) is 0 Å². The number of nitrogens with zero attached hydrogens (tertiary/aromatic N) is 1. The van der Waals surface area contributed by atoms with Gasteiger partial charge in [-0.1, -0.05) is 12.1 Å². The van der Waals surface area contributed by atoms with Crippen LogP contribution in [0.2, 0.25) is 0 Å². The number of carbonyl (C=O) groups excluding carboxylic acids is 1. The standard InChI is InChI=1S/C13H21N3O2/c1-10(18-2)7-16(9-13(15)17)8-11-4-3-5-12(14)6-11/h3-6,10H,7-9,14H2,1-2H3,(H2,15,17). The number of ether oxygens (including phenoxy) is 1. The fraction of sp³-hybridized carbons (Fsp3) is 0.462. The quantitative estimate of drug-likeness (QED) is 0.695. The van der Waals surface area contributed by atoms with Crippen LogP contribution in [0.4, 0.5) is 5.69 Å². The van der Waals surface area contributed by atoms with Crippen LogP contribution in [0.5, 0.6) is 0 Å². The van der Waals surface area contributed by atoms with Gasteiger partial charge in [-0.2, -0.15) is 0 Å². The molecule has 0 aliphatic carbocycles. The van der Waals surface area contributed by atoms with Crippen molar-refractivity contribution >= 4 is 11.6 Å². The van der Waals surface area contributed by atoms with E-state index in [1.54, 1.807) is 7.11 Å². The van der Waals surface area contributed by atoms with E-state index in [4.69, 9.17) is 16.2 Å². The number of amides is 1. The molecular weight excluding hydrogens is 230 g/mol. The van der Waals surface area contributed by atoms with E-state index in [1.165, 1.54) is 0 Å². The summed E-state index contributed by atoms with van der Waals surface area (Å²) in [5, 5.41) is 0. The molecule has 0 spiro atoms. The molecule has 1 amide bonds. The van der Waals surface area contributed by atoms with E-state index in [9.17, 15) is 4.79 Å². The van der Waals surface area contributed by atoms with E-state index < -0.39 is 0 Å². The molecule has 0 fully saturated rings. The number of primary amides is 1. The van der Waals surface area contributed by atoms with Crippen LogP contribution in [0.15, 0.2) is 24.3 Å². The Kier molecular flexibility index (Phi) is 5.61. The lowest BCUT2D eigenvalue weighted by atomic mass is 10.2. The van der Waals surface area contributed by atoms with Gasteiger partial charge in [-0.3, -0.25) is 9.69 Å². The smallest absolute Gasteiger partial charge is 0.231 e. The van der Waals surface area contributed by atoms with Crippen molar-refractivity contribution < 1.29 is 9.53 Å². The summed E-state index contributed by atoms with van der Waals surface area (Å²) in [7, 11) is 1.65. The lowest BCUT2D eigenvalue weighted by Gasteiger charge is -2.23. The summed E-state index contributed by atoms with van der Waals surface area (Å²) in [5.41, 5.74) is 12.7. The van der Waals surface area contributed by atoms with E-state index in [1.807, 2.05) is 36.1 Å². The van der Waals surface area contributed by atoms with Crippen LogP contribution in [0.3, 0.4) is 0 Å². The Labute approximate surface area is 108 Å². The normalized spacial score (nSPS) is 12.6. The van der Waals surface area contributed by atoms with Gasteiger partial charge < -0.3 is 16.2 Å². The zero-order valence-electron chi connectivity index (χ0n) is 10.9. The van der Waals surface area contributed by atoms with Crippen molar-refractivity contribution in [2.75, 3.05) is 25.9 Å². The first-order chi connectivity index (χ1) is 8.51. The van der Waals surface area contributed by atoms with Crippen molar-refractivity contribution in [3.63, 3.8) is 0 Å². The van der Waals surface area contributed by atoms with Crippen molar-refractivity contribution in [2.24, 2.45) is 5.73 Å². The van der Waals surface area contributed by atoms with Crippen molar-refractivity contribution in [2.45, 2.75) is 19.6 Å². The highest BCUT2D eigenvalue weighted by atomic mass is 16.5. The number of carbonyl (C=O) groups is 1. The van der Waals surface area contributed by atoms with Crippen LogP contribution in [-0.2, 0) is 16.1 Å². The maximum absolute atomic E-state index is 11.1. The fourth-order valence-electron chi connectivity index (χ4n) is 1.79. The molecule has 18 heavy (non-hydrogen) atoms. The molecule has 0 saturated carbocycles. The maximum Gasteiger partial charge on any atom is 0.231 e. The molecule has 1 aromatic rings. The molecular formula is C13H21N3O2. The number of benzene rings is 1. The minimum Gasteiger partial charge on any atom is -0.399 e. The van der Waals surface area contributed by atoms with Crippen LogP contribution in [0.1, 0.15) is 12.5 Å². The summed E-state index contributed by atoms with van der Waals surface area (Å²) >= 11 is 0. The Morgan fingerprint density at radius 1 is 1.50 bits per heavy atom. The van der Waals surface area contributed by atoms with Gasteiger partial charge in [-0.05, 0) is 24.6 Å². The van der Waals surface area contributed by atoms with Gasteiger partial charge in [0.1, 0.15) is 0 Å². The van der Waals surface area contributed by atoms with Crippen LogP contribution >= 0.6 is 0 Å². The predicted molar refractivity (Wildman–Crippen MR) is 71.8 cm³/mol. The van der Waals surface area contributed by atoms with Crippen LogP contribution in [0.25, 0.3) is 0 Å². The summed E-state index contributed by atoms with van der Waals surface area (Å²) in [5.74, 6) is -0.345. The Hall–Kier alpha value is -1.59. The molecule has 5 heteroatoms. The van der Waals surface area contributed by atoms with Gasteiger partial charge in [0.05, 0.1) is 12.6 Å². The van der Waals surface area contributed by atoms with E-state index in [-0.39, 0.29) is 18.6 Å². The predicted octanol–water partition coefficient (Wildman–Crippen LogP) is 0.591. The second kappa shape index (κ2) is 6.98. The van der Waals surface area contributed by atoms with E-state index in [0.29, 0.717) is 18.8 Å². The summed E-state index contributed by atoms with van der Waals surface area (Å²) in [4.78, 5) is 13.0. The minimum atomic E-state index is -0.345. The van der Waals surface area contributed by atoms with E-state index in [0.717, 1.165) is 5.56 Å². The topological polar surface area (TPSA) is 81.6 Å². The Bertz CT molecular complexity index is 396. The number of nitrogens with two attached hydrogens (primary N) is 2. The zero-order chi connectivity index (χ0) is 13.5.